The number of carbonyl (C=O) groups excluding carboxylic acids is 2. The summed E-state index contributed by atoms with van der Waals surface area (Å²) in [6, 6.07) is 8.71. The summed E-state index contributed by atoms with van der Waals surface area (Å²) in [5, 5.41) is 7.83. The molecule has 1 heterocycles. The molecule has 0 bridgehead atoms. The Hall–Kier alpha value is -1.58. The maximum absolute atomic E-state index is 12.1. The lowest BCUT2D eigenvalue weighted by molar-refractivity contribution is -0.121. The van der Waals surface area contributed by atoms with Gasteiger partial charge in [-0.05, 0) is 25.0 Å². The second-order valence-corrected chi connectivity index (χ2v) is 9.44. The quantitative estimate of drug-likeness (QED) is 0.552. The lowest BCUT2D eigenvalue weighted by Gasteiger charge is -2.11. The van der Waals surface area contributed by atoms with Crippen molar-refractivity contribution in [2.75, 3.05) is 5.75 Å². The third-order valence-corrected chi connectivity index (χ3v) is 6.58. The zero-order chi connectivity index (χ0) is 18.2. The number of thioether (sulfide) groups is 2. The molecule has 1 atom stereocenters. The number of amides is 2. The largest absolute Gasteiger partial charge is 0.272 e. The molecule has 0 aliphatic heterocycles. The number of benzene rings is 1. The van der Waals surface area contributed by atoms with E-state index in [9.17, 15) is 9.59 Å². The van der Waals surface area contributed by atoms with E-state index in [-0.39, 0.29) is 11.8 Å². The molecule has 1 aromatic heterocycles. The minimum atomic E-state index is -0.396. The molecule has 0 spiro atoms. The minimum absolute atomic E-state index is 0.291. The van der Waals surface area contributed by atoms with Crippen LogP contribution in [0.2, 0.25) is 0 Å². The van der Waals surface area contributed by atoms with Crippen molar-refractivity contribution in [3.8, 4) is 0 Å². The molecule has 2 N–H and O–H groups in total. The molecule has 0 aliphatic rings. The summed E-state index contributed by atoms with van der Waals surface area (Å²) in [4.78, 5) is 24.0. The second kappa shape index (κ2) is 9.79. The number of carbonyl (C=O) groups is 2. The average molecular weight is 397 g/mol. The molecule has 2 rings (SSSR count). The van der Waals surface area contributed by atoms with Crippen LogP contribution in [0.3, 0.4) is 0 Å². The highest BCUT2D eigenvalue weighted by Crippen LogP contribution is 2.31. The first-order valence-corrected chi connectivity index (χ1v) is 10.4. The van der Waals surface area contributed by atoms with E-state index in [0.717, 1.165) is 14.4 Å². The van der Waals surface area contributed by atoms with Crippen LogP contribution in [0.25, 0.3) is 0 Å². The molecular weight excluding hydrogens is 376 g/mol. The molecule has 0 unspecified atom stereocenters. The molecule has 0 saturated heterocycles. The number of hydrazine groups is 1. The smallest absolute Gasteiger partial charge is 0.269 e. The summed E-state index contributed by atoms with van der Waals surface area (Å²) >= 11 is 4.47. The van der Waals surface area contributed by atoms with E-state index in [2.05, 4.69) is 34.9 Å². The highest BCUT2D eigenvalue weighted by Gasteiger charge is 2.18. The van der Waals surface area contributed by atoms with Crippen LogP contribution in [0.1, 0.15) is 31.1 Å². The van der Waals surface area contributed by atoms with Crippen molar-refractivity contribution >= 4 is 46.7 Å². The van der Waals surface area contributed by atoms with Gasteiger partial charge >= 0.3 is 0 Å². The molecule has 1 aromatic carbocycles. The summed E-state index contributed by atoms with van der Waals surface area (Å²) in [5.74, 6) is 0.930. The summed E-state index contributed by atoms with van der Waals surface area (Å²) in [6.07, 6.45) is 0. The lowest BCUT2D eigenvalue weighted by atomic mass is 10.2. The van der Waals surface area contributed by atoms with E-state index in [1.54, 1.807) is 43.0 Å². The molecule has 6 nitrogen and oxygen atoms in total. The van der Waals surface area contributed by atoms with Crippen LogP contribution in [-0.2, 0) is 4.79 Å². The van der Waals surface area contributed by atoms with Crippen molar-refractivity contribution < 1.29 is 9.59 Å². The zero-order valence-corrected chi connectivity index (χ0v) is 16.6. The van der Waals surface area contributed by atoms with Crippen molar-refractivity contribution in [2.24, 2.45) is 5.92 Å². The summed E-state index contributed by atoms with van der Waals surface area (Å²) in [6.45, 7) is 6.07. The first kappa shape index (κ1) is 19.7. The van der Waals surface area contributed by atoms with Gasteiger partial charge in [-0.1, -0.05) is 66.9 Å². The maximum Gasteiger partial charge on any atom is 0.269 e. The first-order valence-electron chi connectivity index (χ1n) is 7.74. The van der Waals surface area contributed by atoms with Crippen molar-refractivity contribution in [1.29, 1.82) is 0 Å². The average Bonchev–Trinajstić information content (AvgIpc) is 3.05. The topological polar surface area (TPSA) is 84.0 Å². The highest BCUT2D eigenvalue weighted by atomic mass is 32.2. The van der Waals surface area contributed by atoms with Gasteiger partial charge in [0.15, 0.2) is 8.68 Å². The summed E-state index contributed by atoms with van der Waals surface area (Å²) in [5.41, 5.74) is 5.34. The predicted molar refractivity (Wildman–Crippen MR) is 103 cm³/mol. The van der Waals surface area contributed by atoms with E-state index in [1.165, 1.54) is 23.1 Å². The van der Waals surface area contributed by atoms with Gasteiger partial charge in [-0.2, -0.15) is 0 Å². The van der Waals surface area contributed by atoms with Gasteiger partial charge in [0.2, 0.25) is 0 Å². The van der Waals surface area contributed by atoms with Crippen molar-refractivity contribution in [2.45, 2.75) is 34.7 Å². The number of nitrogens with zero attached hydrogens (tertiary/aromatic N) is 2. The fraction of sp³-hybridized carbons (Fsp3) is 0.375. The standard InChI is InChI=1S/C16H20N4O2S3/c1-10(2)9-23-15-19-20-16(25-15)24-11(3)13(21)17-18-14(22)12-7-5-4-6-8-12/h4-8,10-11H,9H2,1-3H3,(H,17,21)(H,18,22)/t11-/m1/s1. The predicted octanol–water partition coefficient (Wildman–Crippen LogP) is 3.23. The SMILES string of the molecule is CC(C)CSc1nnc(S[C@H](C)C(=O)NNC(=O)c2ccccc2)s1. The van der Waals surface area contributed by atoms with E-state index in [1.807, 2.05) is 6.07 Å². The molecule has 0 radical (unpaired) electrons. The zero-order valence-electron chi connectivity index (χ0n) is 14.2. The van der Waals surface area contributed by atoms with Crippen molar-refractivity contribution in [1.82, 2.24) is 21.0 Å². The van der Waals surface area contributed by atoms with E-state index >= 15 is 0 Å². The van der Waals surface area contributed by atoms with Gasteiger partial charge in [0.1, 0.15) is 0 Å². The number of hydrogen-bond donors (Lipinski definition) is 2. The normalized spacial score (nSPS) is 12.0. The second-order valence-electron chi connectivity index (χ2n) is 5.61. The summed E-state index contributed by atoms with van der Waals surface area (Å²) in [7, 11) is 0. The molecule has 134 valence electrons. The van der Waals surface area contributed by atoms with Gasteiger partial charge in [0.05, 0.1) is 5.25 Å². The summed E-state index contributed by atoms with van der Waals surface area (Å²) < 4.78 is 1.64. The minimum Gasteiger partial charge on any atom is -0.272 e. The Morgan fingerprint density at radius 2 is 1.76 bits per heavy atom. The molecule has 0 aliphatic carbocycles. The van der Waals surface area contributed by atoms with Gasteiger partial charge in [-0.15, -0.1) is 10.2 Å². The van der Waals surface area contributed by atoms with Gasteiger partial charge in [0.25, 0.3) is 11.8 Å². The third kappa shape index (κ3) is 6.68. The van der Waals surface area contributed by atoms with E-state index < -0.39 is 5.25 Å². The molecular formula is C16H20N4O2S3. The lowest BCUT2D eigenvalue weighted by Crippen LogP contribution is -2.44. The fourth-order valence-corrected chi connectivity index (χ4v) is 4.77. The monoisotopic (exact) mass is 396 g/mol. The van der Waals surface area contributed by atoms with Crippen molar-refractivity contribution in [3.05, 3.63) is 35.9 Å². The van der Waals surface area contributed by atoms with Gasteiger partial charge in [-0.25, -0.2) is 0 Å². The highest BCUT2D eigenvalue weighted by molar-refractivity contribution is 8.03. The number of nitrogens with one attached hydrogen (secondary N) is 2. The van der Waals surface area contributed by atoms with Crippen LogP contribution in [0.4, 0.5) is 0 Å². The number of rotatable bonds is 7. The Bertz CT molecular complexity index is 706. The molecule has 0 fully saturated rings. The molecule has 25 heavy (non-hydrogen) atoms. The molecule has 9 heteroatoms. The van der Waals surface area contributed by atoms with Gasteiger partial charge < -0.3 is 0 Å². The number of aromatic nitrogens is 2. The first-order chi connectivity index (χ1) is 12.0. The van der Waals surface area contributed by atoms with Crippen LogP contribution >= 0.6 is 34.9 Å². The fourth-order valence-electron chi connectivity index (χ4n) is 1.63. The van der Waals surface area contributed by atoms with Crippen LogP contribution in [0, 0.1) is 5.92 Å². The van der Waals surface area contributed by atoms with Crippen LogP contribution in [0.5, 0.6) is 0 Å². The Morgan fingerprint density at radius 1 is 1.08 bits per heavy atom. The Morgan fingerprint density at radius 3 is 2.44 bits per heavy atom. The van der Waals surface area contributed by atoms with Crippen molar-refractivity contribution in [3.63, 3.8) is 0 Å². The van der Waals surface area contributed by atoms with Crippen LogP contribution < -0.4 is 10.9 Å². The van der Waals surface area contributed by atoms with Gasteiger partial charge in [-0.3, -0.25) is 20.4 Å². The Labute approximate surface area is 159 Å². The molecule has 2 amide bonds. The third-order valence-electron chi connectivity index (χ3n) is 2.91. The van der Waals surface area contributed by atoms with Gasteiger partial charge in [0, 0.05) is 11.3 Å². The Balaban J connectivity index is 1.79. The van der Waals surface area contributed by atoms with E-state index in [0.29, 0.717) is 11.5 Å². The Kier molecular flexibility index (Phi) is 7.73. The van der Waals surface area contributed by atoms with E-state index in [4.69, 9.17) is 0 Å². The molecule has 0 saturated carbocycles. The van der Waals surface area contributed by atoms with Crippen LogP contribution in [-0.4, -0.2) is 33.0 Å². The van der Waals surface area contributed by atoms with Crippen LogP contribution in [0.15, 0.2) is 39.0 Å². The maximum atomic E-state index is 12.1. The molecule has 2 aromatic rings. The number of hydrogen-bond acceptors (Lipinski definition) is 7.